The molecule has 0 saturated heterocycles. The summed E-state index contributed by atoms with van der Waals surface area (Å²) in [7, 11) is 0. The zero-order valence-electron chi connectivity index (χ0n) is 10.0. The molecule has 90 valence electrons. The molecule has 1 aromatic heterocycles. The second kappa shape index (κ2) is 4.91. The Balaban J connectivity index is 2.00. The largest absolute Gasteiger partial charge is 0.399 e. The van der Waals surface area contributed by atoms with E-state index in [1.165, 1.54) is 0 Å². The summed E-state index contributed by atoms with van der Waals surface area (Å²) in [6, 6.07) is 6.07. The van der Waals surface area contributed by atoms with Gasteiger partial charge >= 0.3 is 0 Å². The molecule has 4 heteroatoms. The van der Waals surface area contributed by atoms with Crippen molar-refractivity contribution in [1.82, 2.24) is 9.55 Å². The Hall–Kier alpha value is -1.97. The van der Waals surface area contributed by atoms with Crippen molar-refractivity contribution in [1.29, 1.82) is 0 Å². The Morgan fingerprint density at radius 3 is 2.88 bits per heavy atom. The Morgan fingerprint density at radius 1 is 1.35 bits per heavy atom. The van der Waals surface area contributed by atoms with Crippen LogP contribution in [0.4, 0.5) is 11.4 Å². The van der Waals surface area contributed by atoms with E-state index in [-0.39, 0.29) is 0 Å². The number of aryl methyl sites for hydroxylation is 1. The van der Waals surface area contributed by atoms with E-state index in [2.05, 4.69) is 16.5 Å². The molecular weight excluding hydrogens is 212 g/mol. The van der Waals surface area contributed by atoms with Gasteiger partial charge < -0.3 is 16.0 Å². The molecule has 1 unspecified atom stereocenters. The minimum atomic E-state index is 0.415. The molecule has 1 heterocycles. The van der Waals surface area contributed by atoms with Crippen molar-refractivity contribution in [3.8, 4) is 0 Å². The van der Waals surface area contributed by atoms with E-state index in [0.717, 1.165) is 29.8 Å². The Morgan fingerprint density at radius 2 is 2.18 bits per heavy atom. The van der Waals surface area contributed by atoms with Gasteiger partial charge in [-0.25, -0.2) is 4.98 Å². The van der Waals surface area contributed by atoms with Gasteiger partial charge in [0.1, 0.15) is 0 Å². The minimum Gasteiger partial charge on any atom is -0.399 e. The van der Waals surface area contributed by atoms with Gasteiger partial charge in [-0.2, -0.15) is 0 Å². The number of aromatic nitrogens is 2. The van der Waals surface area contributed by atoms with Crippen molar-refractivity contribution in [3.05, 3.63) is 42.5 Å². The lowest BCUT2D eigenvalue weighted by Crippen LogP contribution is -2.05. The molecule has 0 radical (unpaired) electrons. The van der Waals surface area contributed by atoms with Gasteiger partial charge in [-0.3, -0.25) is 0 Å². The lowest BCUT2D eigenvalue weighted by atomic mass is 10.0. The summed E-state index contributed by atoms with van der Waals surface area (Å²) in [5, 5.41) is 0. The predicted molar refractivity (Wildman–Crippen MR) is 70.5 cm³/mol. The third-order valence-corrected chi connectivity index (χ3v) is 3.03. The molecule has 4 nitrogen and oxygen atoms in total. The van der Waals surface area contributed by atoms with Gasteiger partial charge in [0.05, 0.1) is 6.33 Å². The van der Waals surface area contributed by atoms with Gasteiger partial charge in [-0.1, -0.05) is 0 Å². The summed E-state index contributed by atoms with van der Waals surface area (Å²) in [5.74, 6) is 0. The van der Waals surface area contributed by atoms with Crippen molar-refractivity contribution in [3.63, 3.8) is 0 Å². The summed E-state index contributed by atoms with van der Waals surface area (Å²) < 4.78 is 2.10. The van der Waals surface area contributed by atoms with Crippen molar-refractivity contribution < 1.29 is 0 Å². The number of nitrogens with two attached hydrogens (primary N) is 2. The summed E-state index contributed by atoms with van der Waals surface area (Å²) in [4.78, 5) is 4.05. The fourth-order valence-corrected chi connectivity index (χ4v) is 1.89. The molecule has 17 heavy (non-hydrogen) atoms. The molecular formula is C13H18N4. The number of anilines is 2. The average molecular weight is 230 g/mol. The number of imidazole rings is 1. The first-order valence-electron chi connectivity index (χ1n) is 5.78. The van der Waals surface area contributed by atoms with Crippen LogP contribution < -0.4 is 11.5 Å². The second-order valence-corrected chi connectivity index (χ2v) is 4.36. The number of hydrogen-bond donors (Lipinski definition) is 2. The molecule has 0 aliphatic carbocycles. The highest BCUT2D eigenvalue weighted by Crippen LogP contribution is 2.20. The van der Waals surface area contributed by atoms with E-state index in [1.54, 1.807) is 6.20 Å². The summed E-state index contributed by atoms with van der Waals surface area (Å²) in [6.07, 6.45) is 7.56. The topological polar surface area (TPSA) is 69.9 Å². The lowest BCUT2D eigenvalue weighted by molar-refractivity contribution is 0.507. The highest BCUT2D eigenvalue weighted by atomic mass is 15.0. The zero-order valence-corrected chi connectivity index (χ0v) is 10.0. The van der Waals surface area contributed by atoms with Gasteiger partial charge in [0, 0.05) is 29.8 Å². The van der Waals surface area contributed by atoms with E-state index in [4.69, 9.17) is 11.5 Å². The van der Waals surface area contributed by atoms with Crippen molar-refractivity contribution in [2.45, 2.75) is 25.8 Å². The zero-order chi connectivity index (χ0) is 12.3. The third-order valence-electron chi connectivity index (χ3n) is 3.03. The third kappa shape index (κ3) is 2.78. The predicted octanol–water partition coefficient (Wildman–Crippen LogP) is 2.24. The fourth-order valence-electron chi connectivity index (χ4n) is 1.89. The average Bonchev–Trinajstić information content (AvgIpc) is 2.83. The first-order chi connectivity index (χ1) is 8.16. The van der Waals surface area contributed by atoms with Crippen molar-refractivity contribution in [2.75, 3.05) is 11.5 Å². The SMILES string of the molecule is CC(CCc1cc(N)ccc1N)n1ccnc1. The van der Waals surface area contributed by atoms with E-state index in [0.29, 0.717) is 6.04 Å². The van der Waals surface area contributed by atoms with Gasteiger partial charge in [-0.05, 0) is 43.5 Å². The second-order valence-electron chi connectivity index (χ2n) is 4.36. The molecule has 4 N–H and O–H groups in total. The Bertz CT molecular complexity index is 476. The highest BCUT2D eigenvalue weighted by molar-refractivity contribution is 5.55. The molecule has 0 spiro atoms. The smallest absolute Gasteiger partial charge is 0.0948 e. The van der Waals surface area contributed by atoms with Crippen LogP contribution in [0.1, 0.15) is 24.9 Å². The van der Waals surface area contributed by atoms with Crippen LogP contribution in [0, 0.1) is 0 Å². The minimum absolute atomic E-state index is 0.415. The van der Waals surface area contributed by atoms with E-state index >= 15 is 0 Å². The molecule has 1 atom stereocenters. The van der Waals surface area contributed by atoms with Crippen molar-refractivity contribution >= 4 is 11.4 Å². The summed E-state index contributed by atoms with van der Waals surface area (Å²) in [5.41, 5.74) is 14.4. The summed E-state index contributed by atoms with van der Waals surface area (Å²) >= 11 is 0. The normalized spacial score (nSPS) is 12.5. The Kier molecular flexibility index (Phi) is 3.32. The fraction of sp³-hybridized carbons (Fsp3) is 0.308. The first-order valence-corrected chi connectivity index (χ1v) is 5.78. The van der Waals surface area contributed by atoms with E-state index < -0.39 is 0 Å². The molecule has 2 aromatic rings. The molecule has 0 bridgehead atoms. The van der Waals surface area contributed by atoms with Crippen LogP contribution >= 0.6 is 0 Å². The molecule has 0 fully saturated rings. The van der Waals surface area contributed by atoms with Gasteiger partial charge in [0.25, 0.3) is 0 Å². The lowest BCUT2D eigenvalue weighted by Gasteiger charge is -2.14. The molecule has 0 aliphatic rings. The van der Waals surface area contributed by atoms with Gasteiger partial charge in [-0.15, -0.1) is 0 Å². The van der Waals surface area contributed by atoms with Gasteiger partial charge in [0.15, 0.2) is 0 Å². The van der Waals surface area contributed by atoms with Crippen LogP contribution in [-0.2, 0) is 6.42 Å². The quantitative estimate of drug-likeness (QED) is 0.791. The van der Waals surface area contributed by atoms with Crippen LogP contribution in [0.2, 0.25) is 0 Å². The molecule has 2 rings (SSSR count). The van der Waals surface area contributed by atoms with Crippen LogP contribution in [0.5, 0.6) is 0 Å². The van der Waals surface area contributed by atoms with Crippen molar-refractivity contribution in [2.24, 2.45) is 0 Å². The number of nitrogen functional groups attached to an aromatic ring is 2. The standard InChI is InChI=1S/C13H18N4/c1-10(17-7-6-16-9-17)2-3-11-8-12(14)4-5-13(11)15/h4-10H,2-3,14-15H2,1H3. The number of rotatable bonds is 4. The van der Waals surface area contributed by atoms with Crippen LogP contribution in [0.15, 0.2) is 36.9 Å². The monoisotopic (exact) mass is 230 g/mol. The maximum atomic E-state index is 5.92. The first kappa shape index (κ1) is 11.5. The molecule has 0 amide bonds. The van der Waals surface area contributed by atoms with Crippen LogP contribution in [0.3, 0.4) is 0 Å². The highest BCUT2D eigenvalue weighted by Gasteiger charge is 2.06. The Labute approximate surface area is 101 Å². The van der Waals surface area contributed by atoms with E-state index in [1.807, 2.05) is 30.7 Å². The maximum Gasteiger partial charge on any atom is 0.0948 e. The summed E-state index contributed by atoms with van der Waals surface area (Å²) in [6.45, 7) is 2.17. The molecule has 0 saturated carbocycles. The maximum absolute atomic E-state index is 5.92. The number of benzene rings is 1. The number of nitrogens with zero attached hydrogens (tertiary/aromatic N) is 2. The molecule has 1 aromatic carbocycles. The van der Waals surface area contributed by atoms with E-state index in [9.17, 15) is 0 Å². The van der Waals surface area contributed by atoms with Crippen LogP contribution in [-0.4, -0.2) is 9.55 Å². The molecule has 0 aliphatic heterocycles. The van der Waals surface area contributed by atoms with Gasteiger partial charge in [0.2, 0.25) is 0 Å². The van der Waals surface area contributed by atoms with Crippen LogP contribution in [0.25, 0.3) is 0 Å². The number of hydrogen-bond acceptors (Lipinski definition) is 3.